The van der Waals surface area contributed by atoms with E-state index < -0.39 is 0 Å². The summed E-state index contributed by atoms with van der Waals surface area (Å²) in [5, 5.41) is 0.740. The molecule has 2 nitrogen and oxygen atoms in total. The summed E-state index contributed by atoms with van der Waals surface area (Å²) in [6.45, 7) is 7.90. The highest BCUT2D eigenvalue weighted by Crippen LogP contribution is 2.27. The molecule has 0 atom stereocenters. The molecule has 2 N–H and O–H groups in total. The first-order valence-corrected chi connectivity index (χ1v) is 6.42. The first kappa shape index (κ1) is 14.3. The molecular formula is C14H22ClNO. The number of hydrogen-bond acceptors (Lipinski definition) is 2. The first-order chi connectivity index (χ1) is 7.94. The molecule has 0 saturated heterocycles. The topological polar surface area (TPSA) is 35.2 Å². The minimum Gasteiger partial charge on any atom is -0.493 e. The molecule has 3 heteroatoms. The third-order valence-electron chi connectivity index (χ3n) is 2.58. The molecule has 0 aliphatic heterocycles. The van der Waals surface area contributed by atoms with Crippen LogP contribution in [-0.4, -0.2) is 13.2 Å². The number of rotatable bonds is 5. The van der Waals surface area contributed by atoms with Crippen LogP contribution in [0.2, 0.25) is 5.02 Å². The van der Waals surface area contributed by atoms with E-state index in [9.17, 15) is 0 Å². The van der Waals surface area contributed by atoms with E-state index in [0.29, 0.717) is 13.2 Å². The molecule has 0 amide bonds. The van der Waals surface area contributed by atoms with Crippen molar-refractivity contribution >= 4 is 11.6 Å². The van der Waals surface area contributed by atoms with Crippen molar-refractivity contribution in [3.63, 3.8) is 0 Å². The Morgan fingerprint density at radius 2 is 2.00 bits per heavy atom. The molecule has 96 valence electrons. The quantitative estimate of drug-likeness (QED) is 0.872. The molecule has 0 bridgehead atoms. The second kappa shape index (κ2) is 6.27. The van der Waals surface area contributed by atoms with Gasteiger partial charge in [-0.2, -0.15) is 0 Å². The lowest BCUT2D eigenvalue weighted by atomic mass is 9.93. The van der Waals surface area contributed by atoms with Crippen molar-refractivity contribution in [3.05, 3.63) is 28.8 Å². The van der Waals surface area contributed by atoms with Crippen LogP contribution in [-0.2, 0) is 6.42 Å². The van der Waals surface area contributed by atoms with Gasteiger partial charge < -0.3 is 10.5 Å². The van der Waals surface area contributed by atoms with Crippen molar-refractivity contribution in [2.45, 2.75) is 33.6 Å². The summed E-state index contributed by atoms with van der Waals surface area (Å²) in [5.41, 5.74) is 6.89. The fourth-order valence-electron chi connectivity index (χ4n) is 1.53. The largest absolute Gasteiger partial charge is 0.493 e. The van der Waals surface area contributed by atoms with Crippen LogP contribution >= 0.6 is 11.6 Å². The highest BCUT2D eigenvalue weighted by Gasteiger charge is 2.12. The van der Waals surface area contributed by atoms with Crippen molar-refractivity contribution in [2.24, 2.45) is 11.1 Å². The Hall–Kier alpha value is -0.730. The van der Waals surface area contributed by atoms with E-state index in [1.807, 2.05) is 18.2 Å². The van der Waals surface area contributed by atoms with Crippen LogP contribution < -0.4 is 10.5 Å². The Balaban J connectivity index is 2.67. The summed E-state index contributed by atoms with van der Waals surface area (Å²) in [6.07, 6.45) is 1.77. The minimum atomic E-state index is 0.284. The van der Waals surface area contributed by atoms with Crippen LogP contribution in [0.15, 0.2) is 18.2 Å². The molecule has 0 aliphatic carbocycles. The zero-order valence-electron chi connectivity index (χ0n) is 10.9. The average molecular weight is 256 g/mol. The Kier molecular flexibility index (Phi) is 5.29. The van der Waals surface area contributed by atoms with Gasteiger partial charge in [-0.3, -0.25) is 0 Å². The molecule has 0 radical (unpaired) electrons. The third kappa shape index (κ3) is 4.97. The lowest BCUT2D eigenvalue weighted by Crippen LogP contribution is -2.12. The van der Waals surface area contributed by atoms with Gasteiger partial charge in [-0.05, 0) is 36.9 Å². The lowest BCUT2D eigenvalue weighted by molar-refractivity contribution is 0.241. The van der Waals surface area contributed by atoms with Crippen LogP contribution in [0.25, 0.3) is 0 Å². The smallest absolute Gasteiger partial charge is 0.124 e. The highest BCUT2D eigenvalue weighted by molar-refractivity contribution is 6.31. The zero-order valence-corrected chi connectivity index (χ0v) is 11.7. The van der Waals surface area contributed by atoms with Gasteiger partial charge >= 0.3 is 0 Å². The average Bonchev–Trinajstić information content (AvgIpc) is 2.21. The van der Waals surface area contributed by atoms with E-state index in [1.54, 1.807) is 0 Å². The molecule has 0 heterocycles. The van der Waals surface area contributed by atoms with Crippen molar-refractivity contribution < 1.29 is 4.74 Å². The molecule has 0 fully saturated rings. The summed E-state index contributed by atoms with van der Waals surface area (Å²) in [7, 11) is 0. The van der Waals surface area contributed by atoms with Crippen LogP contribution in [0.3, 0.4) is 0 Å². The van der Waals surface area contributed by atoms with E-state index in [-0.39, 0.29) is 5.41 Å². The lowest BCUT2D eigenvalue weighted by Gasteiger charge is -2.19. The van der Waals surface area contributed by atoms with E-state index >= 15 is 0 Å². The fourth-order valence-corrected chi connectivity index (χ4v) is 1.79. The summed E-state index contributed by atoms with van der Waals surface area (Å²) in [6, 6.07) is 5.75. The molecule has 0 unspecified atom stereocenters. The maximum Gasteiger partial charge on any atom is 0.124 e. The monoisotopic (exact) mass is 255 g/mol. The summed E-state index contributed by atoms with van der Waals surface area (Å²) in [4.78, 5) is 0. The fraction of sp³-hybridized carbons (Fsp3) is 0.571. The number of ether oxygens (including phenoxy) is 1. The van der Waals surface area contributed by atoms with Gasteiger partial charge in [0, 0.05) is 10.6 Å². The van der Waals surface area contributed by atoms with Gasteiger partial charge in [0.2, 0.25) is 0 Å². The van der Waals surface area contributed by atoms with Gasteiger partial charge in [0.25, 0.3) is 0 Å². The SMILES string of the molecule is CC(C)(C)CCOc1cccc(Cl)c1CCN. The predicted molar refractivity (Wildman–Crippen MR) is 73.8 cm³/mol. The molecular weight excluding hydrogens is 234 g/mol. The Morgan fingerprint density at radius 1 is 1.29 bits per heavy atom. The van der Waals surface area contributed by atoms with Gasteiger partial charge in [0.1, 0.15) is 5.75 Å². The van der Waals surface area contributed by atoms with Crippen molar-refractivity contribution in [2.75, 3.05) is 13.2 Å². The first-order valence-electron chi connectivity index (χ1n) is 6.04. The van der Waals surface area contributed by atoms with Gasteiger partial charge in [0.15, 0.2) is 0 Å². The summed E-state index contributed by atoms with van der Waals surface area (Å²) < 4.78 is 5.81. The van der Waals surface area contributed by atoms with Gasteiger partial charge in [-0.1, -0.05) is 38.4 Å². The standard InChI is InChI=1S/C14H22ClNO/c1-14(2,3)8-10-17-13-6-4-5-12(15)11(13)7-9-16/h4-6H,7-10,16H2,1-3H3. The number of benzene rings is 1. The van der Waals surface area contributed by atoms with Crippen molar-refractivity contribution in [3.8, 4) is 5.75 Å². The van der Waals surface area contributed by atoms with Gasteiger partial charge in [-0.25, -0.2) is 0 Å². The summed E-state index contributed by atoms with van der Waals surface area (Å²) >= 11 is 6.14. The summed E-state index contributed by atoms with van der Waals surface area (Å²) in [5.74, 6) is 0.868. The Bertz CT molecular complexity index is 358. The molecule has 0 aromatic heterocycles. The van der Waals surface area contributed by atoms with Crippen LogP contribution in [0.1, 0.15) is 32.8 Å². The molecule has 1 aromatic carbocycles. The predicted octanol–water partition coefficient (Wildman–Crippen LogP) is 3.66. The van der Waals surface area contributed by atoms with Crippen molar-refractivity contribution in [1.82, 2.24) is 0 Å². The molecule has 0 spiro atoms. The van der Waals surface area contributed by atoms with E-state index in [4.69, 9.17) is 22.1 Å². The number of hydrogen-bond donors (Lipinski definition) is 1. The molecule has 0 aliphatic rings. The maximum absolute atomic E-state index is 6.14. The molecule has 1 rings (SSSR count). The van der Waals surface area contributed by atoms with Crippen LogP contribution in [0.5, 0.6) is 5.75 Å². The number of nitrogens with two attached hydrogens (primary N) is 1. The van der Waals surface area contributed by atoms with Crippen LogP contribution in [0, 0.1) is 5.41 Å². The van der Waals surface area contributed by atoms with Gasteiger partial charge in [0.05, 0.1) is 6.61 Å². The Morgan fingerprint density at radius 3 is 2.59 bits per heavy atom. The minimum absolute atomic E-state index is 0.284. The molecule has 1 aromatic rings. The molecule has 0 saturated carbocycles. The van der Waals surface area contributed by atoms with Gasteiger partial charge in [-0.15, -0.1) is 0 Å². The molecule has 17 heavy (non-hydrogen) atoms. The normalized spacial score (nSPS) is 11.6. The van der Waals surface area contributed by atoms with E-state index in [1.165, 1.54) is 0 Å². The van der Waals surface area contributed by atoms with Crippen molar-refractivity contribution in [1.29, 1.82) is 0 Å². The van der Waals surface area contributed by atoms with E-state index in [2.05, 4.69) is 20.8 Å². The number of halogens is 1. The third-order valence-corrected chi connectivity index (χ3v) is 2.93. The van der Waals surface area contributed by atoms with Crippen LogP contribution in [0.4, 0.5) is 0 Å². The second-order valence-corrected chi connectivity index (χ2v) is 5.82. The zero-order chi connectivity index (χ0) is 12.9. The maximum atomic E-state index is 6.14. The second-order valence-electron chi connectivity index (χ2n) is 5.41. The highest BCUT2D eigenvalue weighted by atomic mass is 35.5. The van der Waals surface area contributed by atoms with E-state index in [0.717, 1.165) is 29.2 Å². The Labute approximate surface area is 109 Å².